The summed E-state index contributed by atoms with van der Waals surface area (Å²) in [5.74, 6) is 1.75. The predicted molar refractivity (Wildman–Crippen MR) is 70.4 cm³/mol. The van der Waals surface area contributed by atoms with Crippen LogP contribution >= 0.6 is 22.6 Å². The SMILES string of the molecule is C=NCCc1cc(OC)c(I)cc1OC. The van der Waals surface area contributed by atoms with E-state index in [9.17, 15) is 0 Å². The highest BCUT2D eigenvalue weighted by Crippen LogP contribution is 2.30. The molecule has 0 aromatic heterocycles. The van der Waals surface area contributed by atoms with Crippen LogP contribution in [0.15, 0.2) is 17.1 Å². The fourth-order valence-corrected chi connectivity index (χ4v) is 1.98. The second-order valence-corrected chi connectivity index (χ2v) is 4.16. The smallest absolute Gasteiger partial charge is 0.132 e. The molecule has 0 amide bonds. The molecule has 0 aliphatic heterocycles. The number of benzene rings is 1. The molecule has 0 saturated heterocycles. The highest BCUT2D eigenvalue weighted by molar-refractivity contribution is 14.1. The van der Waals surface area contributed by atoms with E-state index in [-0.39, 0.29) is 0 Å². The Kier molecular flexibility index (Phi) is 4.87. The van der Waals surface area contributed by atoms with Gasteiger partial charge in [-0.2, -0.15) is 0 Å². The van der Waals surface area contributed by atoms with Crippen molar-refractivity contribution in [2.45, 2.75) is 6.42 Å². The van der Waals surface area contributed by atoms with Crippen LogP contribution in [0, 0.1) is 3.57 Å². The van der Waals surface area contributed by atoms with E-state index in [0.717, 1.165) is 27.1 Å². The maximum absolute atomic E-state index is 5.30. The molecule has 3 nitrogen and oxygen atoms in total. The molecular weight excluding hydrogens is 305 g/mol. The van der Waals surface area contributed by atoms with E-state index in [2.05, 4.69) is 34.3 Å². The number of aliphatic imine (C=N–C) groups is 1. The van der Waals surface area contributed by atoms with Crippen LogP contribution < -0.4 is 9.47 Å². The van der Waals surface area contributed by atoms with Crippen LogP contribution in [0.4, 0.5) is 0 Å². The van der Waals surface area contributed by atoms with Crippen molar-refractivity contribution >= 4 is 29.3 Å². The quantitative estimate of drug-likeness (QED) is 0.617. The molecule has 0 bridgehead atoms. The molecule has 0 aliphatic carbocycles. The van der Waals surface area contributed by atoms with Gasteiger partial charge in [0.1, 0.15) is 11.5 Å². The zero-order chi connectivity index (χ0) is 11.3. The van der Waals surface area contributed by atoms with Crippen LogP contribution in [0.2, 0.25) is 0 Å². The van der Waals surface area contributed by atoms with Crippen LogP contribution in [0.3, 0.4) is 0 Å². The Morgan fingerprint density at radius 2 is 1.93 bits per heavy atom. The minimum absolute atomic E-state index is 0.695. The Morgan fingerprint density at radius 3 is 2.47 bits per heavy atom. The number of rotatable bonds is 5. The van der Waals surface area contributed by atoms with Crippen LogP contribution in [0.25, 0.3) is 0 Å². The summed E-state index contributed by atoms with van der Waals surface area (Å²) in [6, 6.07) is 3.96. The number of hydrogen-bond acceptors (Lipinski definition) is 3. The number of halogens is 1. The summed E-state index contributed by atoms with van der Waals surface area (Å²) >= 11 is 2.22. The summed E-state index contributed by atoms with van der Waals surface area (Å²) in [5.41, 5.74) is 1.10. The van der Waals surface area contributed by atoms with Gasteiger partial charge in [0.05, 0.1) is 17.8 Å². The van der Waals surface area contributed by atoms with Crippen molar-refractivity contribution in [1.82, 2.24) is 0 Å². The normalized spacial score (nSPS) is 9.80. The standard InChI is InChI=1S/C11H14INO2/c1-13-5-4-8-6-11(15-3)9(12)7-10(8)14-2/h6-7H,1,4-5H2,2-3H3. The largest absolute Gasteiger partial charge is 0.496 e. The van der Waals surface area contributed by atoms with Crippen LogP contribution in [0.5, 0.6) is 11.5 Å². The van der Waals surface area contributed by atoms with Gasteiger partial charge in [-0.1, -0.05) is 0 Å². The lowest BCUT2D eigenvalue weighted by molar-refractivity contribution is 0.396. The summed E-state index contributed by atoms with van der Waals surface area (Å²) in [6.07, 6.45) is 0.819. The Balaban J connectivity index is 3.04. The average Bonchev–Trinajstić information content (AvgIpc) is 2.26. The van der Waals surface area contributed by atoms with Crippen molar-refractivity contribution in [3.8, 4) is 11.5 Å². The topological polar surface area (TPSA) is 30.8 Å². The molecule has 0 aliphatic rings. The Bertz CT molecular complexity index is 353. The molecule has 4 heteroatoms. The first kappa shape index (κ1) is 12.3. The molecule has 15 heavy (non-hydrogen) atoms. The highest BCUT2D eigenvalue weighted by atomic mass is 127. The summed E-state index contributed by atoms with van der Waals surface area (Å²) < 4.78 is 11.6. The first-order valence-electron chi connectivity index (χ1n) is 4.55. The molecule has 0 radical (unpaired) electrons. The van der Waals surface area contributed by atoms with Crippen molar-refractivity contribution in [3.63, 3.8) is 0 Å². The average molecular weight is 319 g/mol. The summed E-state index contributed by atoms with van der Waals surface area (Å²) in [7, 11) is 3.34. The second kappa shape index (κ2) is 5.95. The van der Waals surface area contributed by atoms with Crippen molar-refractivity contribution in [3.05, 3.63) is 21.3 Å². The van der Waals surface area contributed by atoms with Gasteiger partial charge in [0.15, 0.2) is 0 Å². The molecule has 0 N–H and O–H groups in total. The van der Waals surface area contributed by atoms with Gasteiger partial charge in [-0.15, -0.1) is 0 Å². The molecule has 0 spiro atoms. The number of ether oxygens (including phenoxy) is 2. The van der Waals surface area contributed by atoms with Crippen LogP contribution in [-0.2, 0) is 6.42 Å². The van der Waals surface area contributed by atoms with E-state index in [4.69, 9.17) is 9.47 Å². The van der Waals surface area contributed by atoms with Gasteiger partial charge in [-0.25, -0.2) is 0 Å². The predicted octanol–water partition coefficient (Wildman–Crippen LogP) is 2.55. The molecular formula is C11H14INO2. The minimum atomic E-state index is 0.695. The molecule has 0 unspecified atom stereocenters. The Morgan fingerprint density at radius 1 is 1.27 bits per heavy atom. The van der Waals surface area contributed by atoms with Crippen molar-refractivity contribution in [1.29, 1.82) is 0 Å². The van der Waals surface area contributed by atoms with E-state index in [1.165, 1.54) is 0 Å². The molecule has 82 valence electrons. The minimum Gasteiger partial charge on any atom is -0.496 e. The number of hydrogen-bond donors (Lipinski definition) is 0. The van der Waals surface area contributed by atoms with E-state index in [1.54, 1.807) is 14.2 Å². The highest BCUT2D eigenvalue weighted by Gasteiger charge is 2.08. The Labute approximate surface area is 104 Å². The van der Waals surface area contributed by atoms with Gasteiger partial charge in [0.25, 0.3) is 0 Å². The summed E-state index contributed by atoms with van der Waals surface area (Å²) in [5, 5.41) is 0. The lowest BCUT2D eigenvalue weighted by Crippen LogP contribution is -1.97. The maximum Gasteiger partial charge on any atom is 0.132 e. The molecule has 0 atom stereocenters. The fraction of sp³-hybridized carbons (Fsp3) is 0.364. The number of nitrogens with zero attached hydrogens (tertiary/aromatic N) is 1. The summed E-state index contributed by atoms with van der Waals surface area (Å²) in [4.78, 5) is 3.84. The van der Waals surface area contributed by atoms with Gasteiger partial charge in [-0.3, -0.25) is 0 Å². The third kappa shape index (κ3) is 3.09. The van der Waals surface area contributed by atoms with Gasteiger partial charge in [0.2, 0.25) is 0 Å². The summed E-state index contributed by atoms with van der Waals surface area (Å²) in [6.45, 7) is 4.16. The van der Waals surface area contributed by atoms with Gasteiger partial charge < -0.3 is 14.5 Å². The van der Waals surface area contributed by atoms with Crippen LogP contribution in [0.1, 0.15) is 5.56 Å². The van der Waals surface area contributed by atoms with Gasteiger partial charge >= 0.3 is 0 Å². The lowest BCUT2D eigenvalue weighted by Gasteiger charge is -2.11. The third-order valence-corrected chi connectivity index (χ3v) is 2.94. The first-order valence-corrected chi connectivity index (χ1v) is 5.63. The molecule has 1 aromatic carbocycles. The maximum atomic E-state index is 5.30. The molecule has 1 rings (SSSR count). The second-order valence-electron chi connectivity index (χ2n) is 3.00. The van der Waals surface area contributed by atoms with E-state index < -0.39 is 0 Å². The third-order valence-electron chi connectivity index (χ3n) is 2.09. The van der Waals surface area contributed by atoms with Gasteiger partial charge in [0, 0.05) is 6.54 Å². The van der Waals surface area contributed by atoms with Crippen molar-refractivity contribution in [2.24, 2.45) is 4.99 Å². The van der Waals surface area contributed by atoms with Gasteiger partial charge in [-0.05, 0) is 53.4 Å². The zero-order valence-corrected chi connectivity index (χ0v) is 11.1. The molecule has 0 fully saturated rings. The molecule has 0 heterocycles. The monoisotopic (exact) mass is 319 g/mol. The van der Waals surface area contributed by atoms with E-state index in [0.29, 0.717) is 6.54 Å². The molecule has 0 saturated carbocycles. The van der Waals surface area contributed by atoms with E-state index >= 15 is 0 Å². The zero-order valence-electron chi connectivity index (χ0n) is 8.92. The lowest BCUT2D eigenvalue weighted by atomic mass is 10.1. The van der Waals surface area contributed by atoms with E-state index in [1.807, 2.05) is 12.1 Å². The molecule has 1 aromatic rings. The number of methoxy groups -OCH3 is 2. The van der Waals surface area contributed by atoms with Crippen molar-refractivity contribution in [2.75, 3.05) is 20.8 Å². The van der Waals surface area contributed by atoms with Crippen molar-refractivity contribution < 1.29 is 9.47 Å². The van der Waals surface area contributed by atoms with Crippen LogP contribution in [-0.4, -0.2) is 27.5 Å². The Hall–Kier alpha value is -0.780. The fourth-order valence-electron chi connectivity index (χ4n) is 1.32. The first-order chi connectivity index (χ1) is 7.22.